The van der Waals surface area contributed by atoms with Gasteiger partial charge in [-0.25, -0.2) is 4.79 Å². The van der Waals surface area contributed by atoms with Crippen molar-refractivity contribution in [3.63, 3.8) is 0 Å². The molecular weight excluding hydrogens is 410 g/mol. The van der Waals surface area contributed by atoms with E-state index in [0.717, 1.165) is 24.0 Å². The summed E-state index contributed by atoms with van der Waals surface area (Å²) in [6, 6.07) is 10.9. The van der Waals surface area contributed by atoms with E-state index in [-0.39, 0.29) is 49.0 Å². The van der Waals surface area contributed by atoms with Crippen LogP contribution in [0.5, 0.6) is 0 Å². The standard InChI is InChI=1S/C23H27N5O4/c29-19(9-11-25-21(30)17-3-1-10-24-14-17)26-13-15-5-7-16(8-6-15)20-18-4-2-12-32-22(18)28-23(31)27-20/h1,3,5-8,10,14,18,20,22H,2,4,9,11-13H2,(H,25,30)(H,26,29)(H2,27,28,31)/t18-,20-,22-/m0/s1. The molecule has 0 aliphatic carbocycles. The van der Waals surface area contributed by atoms with Gasteiger partial charge in [-0.3, -0.25) is 14.6 Å². The van der Waals surface area contributed by atoms with E-state index in [1.807, 2.05) is 24.3 Å². The summed E-state index contributed by atoms with van der Waals surface area (Å²) in [5, 5.41) is 11.4. The molecule has 4 N–H and O–H groups in total. The fourth-order valence-electron chi connectivity index (χ4n) is 4.06. The lowest BCUT2D eigenvalue weighted by atomic mass is 9.85. The average Bonchev–Trinajstić information content (AvgIpc) is 2.83. The summed E-state index contributed by atoms with van der Waals surface area (Å²) < 4.78 is 5.72. The number of hydrogen-bond acceptors (Lipinski definition) is 5. The Morgan fingerprint density at radius 2 is 1.97 bits per heavy atom. The molecule has 0 saturated carbocycles. The van der Waals surface area contributed by atoms with Gasteiger partial charge in [-0.15, -0.1) is 0 Å². The van der Waals surface area contributed by atoms with Crippen molar-refractivity contribution in [3.05, 3.63) is 65.5 Å². The zero-order valence-electron chi connectivity index (χ0n) is 17.7. The summed E-state index contributed by atoms with van der Waals surface area (Å²) in [5.41, 5.74) is 2.44. The molecule has 32 heavy (non-hydrogen) atoms. The van der Waals surface area contributed by atoms with E-state index in [2.05, 4.69) is 26.3 Å². The van der Waals surface area contributed by atoms with Gasteiger partial charge in [-0.2, -0.15) is 0 Å². The normalized spacial score (nSPS) is 22.1. The summed E-state index contributed by atoms with van der Waals surface area (Å²) in [5.74, 6) is -0.209. The van der Waals surface area contributed by atoms with Gasteiger partial charge < -0.3 is 26.0 Å². The first-order valence-electron chi connectivity index (χ1n) is 10.8. The summed E-state index contributed by atoms with van der Waals surface area (Å²) in [6.45, 7) is 1.31. The van der Waals surface area contributed by atoms with Crippen LogP contribution in [0.25, 0.3) is 0 Å². The predicted octanol–water partition coefficient (Wildman–Crippen LogP) is 1.62. The number of nitrogens with one attached hydrogen (secondary N) is 4. The SMILES string of the molecule is O=C(CCNC(=O)c1cccnc1)NCc1ccc([C@@H]2NC(=O)N[C@H]3OCCC[C@H]32)cc1. The van der Waals surface area contributed by atoms with Crippen LogP contribution >= 0.6 is 0 Å². The number of ether oxygens (including phenoxy) is 1. The van der Waals surface area contributed by atoms with Crippen molar-refractivity contribution in [3.8, 4) is 0 Å². The van der Waals surface area contributed by atoms with Crippen LogP contribution in [0.15, 0.2) is 48.8 Å². The summed E-state index contributed by atoms with van der Waals surface area (Å²) >= 11 is 0. The van der Waals surface area contributed by atoms with E-state index < -0.39 is 0 Å². The minimum Gasteiger partial charge on any atom is -0.358 e. The predicted molar refractivity (Wildman–Crippen MR) is 116 cm³/mol. The molecule has 0 radical (unpaired) electrons. The number of amides is 4. The third-order valence-electron chi connectivity index (χ3n) is 5.75. The summed E-state index contributed by atoms with van der Waals surface area (Å²) in [6.07, 6.45) is 4.98. The van der Waals surface area contributed by atoms with E-state index >= 15 is 0 Å². The molecule has 1 aromatic heterocycles. The van der Waals surface area contributed by atoms with Gasteiger partial charge in [0.15, 0.2) is 0 Å². The van der Waals surface area contributed by atoms with Crippen molar-refractivity contribution >= 4 is 17.8 Å². The number of aromatic nitrogens is 1. The minimum absolute atomic E-state index is 0.0962. The largest absolute Gasteiger partial charge is 0.358 e. The van der Waals surface area contributed by atoms with Crippen molar-refractivity contribution < 1.29 is 19.1 Å². The molecule has 3 heterocycles. The maximum Gasteiger partial charge on any atom is 0.317 e. The van der Waals surface area contributed by atoms with Crippen LogP contribution in [0.1, 0.15) is 46.8 Å². The van der Waals surface area contributed by atoms with Gasteiger partial charge in [0.05, 0.1) is 11.6 Å². The molecule has 0 bridgehead atoms. The van der Waals surface area contributed by atoms with Crippen molar-refractivity contribution in [1.29, 1.82) is 0 Å². The Morgan fingerprint density at radius 3 is 2.75 bits per heavy atom. The second-order valence-electron chi connectivity index (χ2n) is 7.96. The number of pyridine rings is 1. The Hall–Kier alpha value is -3.46. The van der Waals surface area contributed by atoms with Crippen molar-refractivity contribution in [2.24, 2.45) is 5.92 Å². The van der Waals surface area contributed by atoms with Gasteiger partial charge in [0.2, 0.25) is 5.91 Å². The third-order valence-corrected chi connectivity index (χ3v) is 5.75. The highest BCUT2D eigenvalue weighted by Gasteiger charge is 2.39. The van der Waals surface area contributed by atoms with E-state index in [4.69, 9.17) is 4.74 Å². The number of fused-ring (bicyclic) bond motifs is 1. The molecule has 3 atom stereocenters. The molecule has 2 aromatic rings. The number of hydrogen-bond donors (Lipinski definition) is 4. The highest BCUT2D eigenvalue weighted by atomic mass is 16.5. The van der Waals surface area contributed by atoms with Crippen LogP contribution in [0, 0.1) is 5.92 Å². The second kappa shape index (κ2) is 10.2. The maximum absolute atomic E-state index is 12.1. The van der Waals surface area contributed by atoms with Gasteiger partial charge in [-0.1, -0.05) is 24.3 Å². The lowest BCUT2D eigenvalue weighted by molar-refractivity contribution is -0.121. The van der Waals surface area contributed by atoms with Gasteiger partial charge in [0, 0.05) is 44.4 Å². The lowest BCUT2D eigenvalue weighted by Gasteiger charge is -2.41. The van der Waals surface area contributed by atoms with Crippen LogP contribution in [0.3, 0.4) is 0 Å². The minimum atomic E-state index is -0.253. The van der Waals surface area contributed by atoms with Gasteiger partial charge >= 0.3 is 6.03 Å². The number of urea groups is 1. The molecular formula is C23H27N5O4. The van der Waals surface area contributed by atoms with Crippen LogP contribution in [0.2, 0.25) is 0 Å². The fraction of sp³-hybridized carbons (Fsp3) is 0.391. The summed E-state index contributed by atoms with van der Waals surface area (Å²) in [7, 11) is 0. The number of carbonyl (C=O) groups excluding carboxylic acids is 3. The summed E-state index contributed by atoms with van der Waals surface area (Å²) in [4.78, 5) is 39.9. The Morgan fingerprint density at radius 1 is 1.12 bits per heavy atom. The number of benzene rings is 1. The molecule has 9 nitrogen and oxygen atoms in total. The number of nitrogens with zero attached hydrogens (tertiary/aromatic N) is 1. The lowest BCUT2D eigenvalue weighted by Crippen LogP contribution is -2.58. The van der Waals surface area contributed by atoms with Crippen LogP contribution in [0.4, 0.5) is 4.79 Å². The quantitative estimate of drug-likeness (QED) is 0.525. The molecule has 2 fully saturated rings. The first kappa shape index (κ1) is 21.8. The molecule has 4 rings (SSSR count). The molecule has 0 spiro atoms. The second-order valence-corrected chi connectivity index (χ2v) is 7.96. The zero-order valence-corrected chi connectivity index (χ0v) is 17.7. The van der Waals surface area contributed by atoms with E-state index in [0.29, 0.717) is 18.7 Å². The van der Waals surface area contributed by atoms with E-state index in [9.17, 15) is 14.4 Å². The molecule has 2 aliphatic rings. The van der Waals surface area contributed by atoms with Gasteiger partial charge in [0.25, 0.3) is 5.91 Å². The van der Waals surface area contributed by atoms with Crippen LogP contribution < -0.4 is 21.3 Å². The molecule has 2 saturated heterocycles. The molecule has 1 aromatic carbocycles. The smallest absolute Gasteiger partial charge is 0.317 e. The Bertz CT molecular complexity index is 951. The highest BCUT2D eigenvalue weighted by Crippen LogP contribution is 2.34. The Labute approximate surface area is 186 Å². The van der Waals surface area contributed by atoms with E-state index in [1.54, 1.807) is 18.3 Å². The molecule has 9 heteroatoms. The monoisotopic (exact) mass is 437 g/mol. The molecule has 168 valence electrons. The van der Waals surface area contributed by atoms with Gasteiger partial charge in [0.1, 0.15) is 6.23 Å². The maximum atomic E-state index is 12.1. The Balaban J connectivity index is 1.23. The molecule has 2 aliphatic heterocycles. The van der Waals surface area contributed by atoms with E-state index in [1.165, 1.54) is 6.20 Å². The highest BCUT2D eigenvalue weighted by molar-refractivity contribution is 5.94. The first-order valence-corrected chi connectivity index (χ1v) is 10.8. The van der Waals surface area contributed by atoms with Crippen LogP contribution in [-0.2, 0) is 16.1 Å². The number of carbonyl (C=O) groups is 3. The first-order chi connectivity index (χ1) is 15.6. The third kappa shape index (κ3) is 5.42. The Kier molecular flexibility index (Phi) is 6.96. The topological polar surface area (TPSA) is 121 Å². The van der Waals surface area contributed by atoms with Crippen molar-refractivity contribution in [2.45, 2.75) is 38.1 Å². The van der Waals surface area contributed by atoms with Gasteiger partial charge in [-0.05, 0) is 36.1 Å². The average molecular weight is 438 g/mol. The molecule has 4 amide bonds. The fourth-order valence-corrected chi connectivity index (χ4v) is 4.06. The van der Waals surface area contributed by atoms with Crippen LogP contribution in [-0.4, -0.2) is 42.2 Å². The van der Waals surface area contributed by atoms with Crippen molar-refractivity contribution in [2.75, 3.05) is 13.2 Å². The van der Waals surface area contributed by atoms with Crippen molar-refractivity contribution in [1.82, 2.24) is 26.3 Å². The zero-order chi connectivity index (χ0) is 22.3. The molecule has 0 unspecified atom stereocenters. The number of rotatable bonds is 7.